The SMILES string of the molecule is CCCC(CCC)C(=O)NCCCOCCO. The number of carbonyl (C=O) groups excluding carboxylic acids is 1. The van der Waals surface area contributed by atoms with E-state index in [1.165, 1.54) is 0 Å². The van der Waals surface area contributed by atoms with Crippen molar-refractivity contribution in [3.05, 3.63) is 0 Å². The number of rotatable bonds is 11. The van der Waals surface area contributed by atoms with Crippen LogP contribution in [0, 0.1) is 5.92 Å². The number of hydrogen-bond acceptors (Lipinski definition) is 3. The summed E-state index contributed by atoms with van der Waals surface area (Å²) >= 11 is 0. The molecule has 0 aliphatic heterocycles. The van der Waals surface area contributed by atoms with Gasteiger partial charge in [0.05, 0.1) is 13.2 Å². The van der Waals surface area contributed by atoms with E-state index in [4.69, 9.17) is 9.84 Å². The van der Waals surface area contributed by atoms with Gasteiger partial charge < -0.3 is 15.2 Å². The van der Waals surface area contributed by atoms with Crippen LogP contribution in [0.1, 0.15) is 46.0 Å². The van der Waals surface area contributed by atoms with Gasteiger partial charge in [0, 0.05) is 19.1 Å². The molecule has 0 radical (unpaired) electrons. The van der Waals surface area contributed by atoms with E-state index in [2.05, 4.69) is 19.2 Å². The lowest BCUT2D eigenvalue weighted by atomic mass is 9.97. The molecule has 17 heavy (non-hydrogen) atoms. The topological polar surface area (TPSA) is 58.6 Å². The summed E-state index contributed by atoms with van der Waals surface area (Å²) in [6.45, 7) is 5.91. The Kier molecular flexibility index (Phi) is 11.4. The van der Waals surface area contributed by atoms with Gasteiger partial charge in [-0.2, -0.15) is 0 Å². The largest absolute Gasteiger partial charge is 0.394 e. The molecule has 102 valence electrons. The van der Waals surface area contributed by atoms with Crippen molar-refractivity contribution >= 4 is 5.91 Å². The molecule has 0 saturated heterocycles. The third kappa shape index (κ3) is 9.12. The van der Waals surface area contributed by atoms with Gasteiger partial charge in [0.2, 0.25) is 5.91 Å². The maximum Gasteiger partial charge on any atom is 0.223 e. The summed E-state index contributed by atoms with van der Waals surface area (Å²) in [7, 11) is 0. The molecule has 0 fully saturated rings. The van der Waals surface area contributed by atoms with Crippen molar-refractivity contribution in [3.8, 4) is 0 Å². The normalized spacial score (nSPS) is 10.8. The molecule has 0 saturated carbocycles. The molecule has 4 heteroatoms. The van der Waals surface area contributed by atoms with Gasteiger partial charge in [0.25, 0.3) is 0 Å². The Morgan fingerprint density at radius 2 is 1.88 bits per heavy atom. The number of carbonyl (C=O) groups is 1. The van der Waals surface area contributed by atoms with Crippen molar-refractivity contribution in [2.75, 3.05) is 26.4 Å². The first kappa shape index (κ1) is 16.4. The second-order valence-corrected chi connectivity index (χ2v) is 4.25. The smallest absolute Gasteiger partial charge is 0.223 e. The molecule has 0 aromatic carbocycles. The van der Waals surface area contributed by atoms with Crippen molar-refractivity contribution in [1.82, 2.24) is 5.32 Å². The molecule has 0 rings (SSSR count). The summed E-state index contributed by atoms with van der Waals surface area (Å²) < 4.78 is 5.12. The number of amides is 1. The van der Waals surface area contributed by atoms with E-state index in [0.29, 0.717) is 19.8 Å². The molecule has 0 unspecified atom stereocenters. The van der Waals surface area contributed by atoms with Crippen molar-refractivity contribution in [2.24, 2.45) is 5.92 Å². The van der Waals surface area contributed by atoms with Gasteiger partial charge in [-0.25, -0.2) is 0 Å². The van der Waals surface area contributed by atoms with Gasteiger partial charge >= 0.3 is 0 Å². The minimum atomic E-state index is 0.0570. The van der Waals surface area contributed by atoms with Crippen LogP contribution < -0.4 is 5.32 Å². The predicted octanol–water partition coefficient (Wildman–Crippen LogP) is 1.72. The second kappa shape index (κ2) is 11.9. The summed E-state index contributed by atoms with van der Waals surface area (Å²) in [6, 6.07) is 0. The fourth-order valence-electron chi connectivity index (χ4n) is 1.80. The predicted molar refractivity (Wildman–Crippen MR) is 68.8 cm³/mol. The minimum absolute atomic E-state index is 0.0570. The maximum atomic E-state index is 11.8. The van der Waals surface area contributed by atoms with Crippen LogP contribution in [-0.2, 0) is 9.53 Å². The first-order valence-corrected chi connectivity index (χ1v) is 6.72. The van der Waals surface area contributed by atoms with E-state index in [1.54, 1.807) is 0 Å². The Morgan fingerprint density at radius 3 is 2.41 bits per heavy atom. The van der Waals surface area contributed by atoms with E-state index >= 15 is 0 Å². The van der Waals surface area contributed by atoms with E-state index in [0.717, 1.165) is 32.1 Å². The summed E-state index contributed by atoms with van der Waals surface area (Å²) in [4.78, 5) is 11.8. The highest BCUT2D eigenvalue weighted by Gasteiger charge is 2.15. The Morgan fingerprint density at radius 1 is 1.24 bits per heavy atom. The van der Waals surface area contributed by atoms with Crippen LogP contribution in [0.2, 0.25) is 0 Å². The zero-order chi connectivity index (χ0) is 12.9. The highest BCUT2D eigenvalue weighted by molar-refractivity contribution is 5.78. The Hall–Kier alpha value is -0.610. The Bertz CT molecular complexity index is 180. The van der Waals surface area contributed by atoms with Gasteiger partial charge in [-0.15, -0.1) is 0 Å². The molecule has 0 atom stereocenters. The van der Waals surface area contributed by atoms with Gasteiger partial charge in [-0.3, -0.25) is 4.79 Å². The van der Waals surface area contributed by atoms with Crippen LogP contribution in [-0.4, -0.2) is 37.4 Å². The maximum absolute atomic E-state index is 11.8. The first-order chi connectivity index (χ1) is 8.26. The lowest BCUT2D eigenvalue weighted by Gasteiger charge is -2.15. The van der Waals surface area contributed by atoms with Crippen molar-refractivity contribution in [1.29, 1.82) is 0 Å². The van der Waals surface area contributed by atoms with Crippen LogP contribution in [0.3, 0.4) is 0 Å². The Labute approximate surface area is 105 Å². The summed E-state index contributed by atoms with van der Waals surface area (Å²) in [6.07, 6.45) is 4.85. The summed E-state index contributed by atoms with van der Waals surface area (Å²) in [5, 5.41) is 11.5. The lowest BCUT2D eigenvalue weighted by Crippen LogP contribution is -2.32. The number of hydrogen-bond donors (Lipinski definition) is 2. The fraction of sp³-hybridized carbons (Fsp3) is 0.923. The first-order valence-electron chi connectivity index (χ1n) is 6.72. The zero-order valence-electron chi connectivity index (χ0n) is 11.2. The molecule has 0 aliphatic carbocycles. The quantitative estimate of drug-likeness (QED) is 0.545. The fourth-order valence-corrected chi connectivity index (χ4v) is 1.80. The van der Waals surface area contributed by atoms with E-state index < -0.39 is 0 Å². The molecule has 1 amide bonds. The van der Waals surface area contributed by atoms with Crippen molar-refractivity contribution in [3.63, 3.8) is 0 Å². The number of ether oxygens (including phenoxy) is 1. The second-order valence-electron chi connectivity index (χ2n) is 4.25. The molecule has 0 aromatic rings. The van der Waals surface area contributed by atoms with Crippen LogP contribution in [0.25, 0.3) is 0 Å². The third-order valence-corrected chi connectivity index (χ3v) is 2.65. The monoisotopic (exact) mass is 245 g/mol. The average Bonchev–Trinajstić information content (AvgIpc) is 2.33. The van der Waals surface area contributed by atoms with Gasteiger partial charge in [0.15, 0.2) is 0 Å². The van der Waals surface area contributed by atoms with Crippen LogP contribution in [0.5, 0.6) is 0 Å². The molecule has 0 bridgehead atoms. The highest BCUT2D eigenvalue weighted by atomic mass is 16.5. The molecule has 0 heterocycles. The molecule has 0 aliphatic rings. The lowest BCUT2D eigenvalue weighted by molar-refractivity contribution is -0.125. The number of aliphatic hydroxyl groups excluding tert-OH is 1. The Balaban J connectivity index is 3.59. The van der Waals surface area contributed by atoms with E-state index in [1.807, 2.05) is 0 Å². The van der Waals surface area contributed by atoms with Crippen LogP contribution in [0.4, 0.5) is 0 Å². The van der Waals surface area contributed by atoms with Gasteiger partial charge in [-0.05, 0) is 19.3 Å². The van der Waals surface area contributed by atoms with E-state index in [-0.39, 0.29) is 18.4 Å². The van der Waals surface area contributed by atoms with Crippen molar-refractivity contribution in [2.45, 2.75) is 46.0 Å². The number of nitrogens with one attached hydrogen (secondary N) is 1. The van der Waals surface area contributed by atoms with Gasteiger partial charge in [0.1, 0.15) is 0 Å². The molecular formula is C13H27NO3. The van der Waals surface area contributed by atoms with E-state index in [9.17, 15) is 4.79 Å². The molecular weight excluding hydrogens is 218 g/mol. The average molecular weight is 245 g/mol. The molecule has 4 nitrogen and oxygen atoms in total. The highest BCUT2D eigenvalue weighted by Crippen LogP contribution is 2.13. The summed E-state index contributed by atoms with van der Waals surface area (Å²) in [5.41, 5.74) is 0. The molecule has 0 spiro atoms. The molecule has 0 aromatic heterocycles. The third-order valence-electron chi connectivity index (χ3n) is 2.65. The minimum Gasteiger partial charge on any atom is -0.394 e. The molecule has 2 N–H and O–H groups in total. The van der Waals surface area contributed by atoms with Crippen molar-refractivity contribution < 1.29 is 14.6 Å². The summed E-state index contributed by atoms with van der Waals surface area (Å²) in [5.74, 6) is 0.346. The zero-order valence-corrected chi connectivity index (χ0v) is 11.2. The number of aliphatic hydroxyl groups is 1. The van der Waals surface area contributed by atoms with Gasteiger partial charge in [-0.1, -0.05) is 26.7 Å². The standard InChI is InChI=1S/C13H27NO3/c1-3-6-12(7-4-2)13(16)14-8-5-10-17-11-9-15/h12,15H,3-11H2,1-2H3,(H,14,16). The van der Waals surface area contributed by atoms with Crippen LogP contribution in [0.15, 0.2) is 0 Å². The van der Waals surface area contributed by atoms with Crippen LogP contribution >= 0.6 is 0 Å².